The first kappa shape index (κ1) is 24.7. The maximum absolute atomic E-state index is 14.3. The maximum atomic E-state index is 14.3. The minimum absolute atomic E-state index is 0.0181. The van der Waals surface area contributed by atoms with E-state index in [2.05, 4.69) is 25.5 Å². The summed E-state index contributed by atoms with van der Waals surface area (Å²) in [6.45, 7) is 0.155. The van der Waals surface area contributed by atoms with Gasteiger partial charge in [-0.25, -0.2) is 14.4 Å². The van der Waals surface area contributed by atoms with Gasteiger partial charge in [-0.05, 0) is 23.8 Å². The van der Waals surface area contributed by atoms with Crippen LogP contribution in [0.4, 0.5) is 10.2 Å². The van der Waals surface area contributed by atoms with E-state index >= 15 is 0 Å². The minimum Gasteiger partial charge on any atom is -0.364 e. The molecule has 0 saturated heterocycles. The maximum Gasteiger partial charge on any atom is 0.225 e. The van der Waals surface area contributed by atoms with Crippen LogP contribution in [0, 0.1) is 5.82 Å². The Balaban J connectivity index is 1.29. The number of nitrogens with zero attached hydrogens (tertiary/aromatic N) is 5. The second kappa shape index (κ2) is 11.4. The molecule has 10 heteroatoms. The van der Waals surface area contributed by atoms with E-state index in [4.69, 9.17) is 4.52 Å². The molecule has 9 nitrogen and oxygen atoms in total. The summed E-state index contributed by atoms with van der Waals surface area (Å²) in [5.41, 5.74) is 2.89. The number of benzene rings is 2. The zero-order chi connectivity index (χ0) is 26.3. The van der Waals surface area contributed by atoms with E-state index in [0.717, 1.165) is 5.56 Å². The molecule has 0 fully saturated rings. The fourth-order valence-corrected chi connectivity index (χ4v) is 3.91. The molecule has 0 spiro atoms. The van der Waals surface area contributed by atoms with Crippen LogP contribution in [0.5, 0.6) is 0 Å². The number of hydrogen-bond acceptors (Lipinski definition) is 7. The van der Waals surface area contributed by atoms with Crippen molar-refractivity contribution in [3.63, 3.8) is 0 Å². The number of rotatable bonds is 10. The molecular formula is C28H23FN6O3. The van der Waals surface area contributed by atoms with Crippen LogP contribution in [0.2, 0.25) is 0 Å². The molecular weight excluding hydrogens is 487 g/mol. The lowest BCUT2D eigenvalue weighted by Crippen LogP contribution is -2.15. The van der Waals surface area contributed by atoms with Gasteiger partial charge in [-0.15, -0.1) is 0 Å². The molecule has 0 radical (unpaired) electrons. The number of carbonyl (C=O) groups is 2. The third kappa shape index (κ3) is 6.04. The molecule has 190 valence electrons. The highest BCUT2D eigenvalue weighted by Crippen LogP contribution is 2.25. The number of anilines is 1. The Labute approximate surface area is 217 Å². The summed E-state index contributed by atoms with van der Waals surface area (Å²) < 4.78 is 20.9. The molecule has 38 heavy (non-hydrogen) atoms. The molecule has 3 aromatic heterocycles. The quantitative estimate of drug-likeness (QED) is 0.289. The third-order valence-corrected chi connectivity index (χ3v) is 5.79. The molecule has 0 bridgehead atoms. The molecule has 0 unspecified atom stereocenters. The molecule has 1 amide bonds. The van der Waals surface area contributed by atoms with Gasteiger partial charge < -0.3 is 9.84 Å². The number of hydrogen-bond donors (Lipinski definition) is 1. The Kier molecular flexibility index (Phi) is 7.39. The number of ketones is 1. The number of carbonyl (C=O) groups excluding carboxylic acids is 2. The van der Waals surface area contributed by atoms with Gasteiger partial charge in [0.15, 0.2) is 5.82 Å². The highest BCUT2D eigenvalue weighted by molar-refractivity contribution is 5.93. The highest BCUT2D eigenvalue weighted by Gasteiger charge is 2.17. The van der Waals surface area contributed by atoms with Gasteiger partial charge in [0.25, 0.3) is 0 Å². The molecule has 0 saturated carbocycles. The monoisotopic (exact) mass is 510 g/mol. The first-order chi connectivity index (χ1) is 18.5. The summed E-state index contributed by atoms with van der Waals surface area (Å²) in [5, 5.41) is 11.3. The van der Waals surface area contributed by atoms with Crippen molar-refractivity contribution in [3.8, 4) is 22.9 Å². The number of aromatic nitrogens is 5. The van der Waals surface area contributed by atoms with E-state index < -0.39 is 0 Å². The summed E-state index contributed by atoms with van der Waals surface area (Å²) in [5.74, 6) is -0.152. The van der Waals surface area contributed by atoms with Crippen molar-refractivity contribution in [1.82, 2.24) is 24.9 Å². The van der Waals surface area contributed by atoms with E-state index in [1.165, 1.54) is 18.5 Å². The molecule has 0 atom stereocenters. The van der Waals surface area contributed by atoms with Crippen LogP contribution in [-0.2, 0) is 22.6 Å². The Hall–Kier alpha value is -4.99. The molecule has 2 aromatic carbocycles. The van der Waals surface area contributed by atoms with E-state index in [1.807, 2.05) is 30.3 Å². The Bertz CT molecular complexity index is 1550. The van der Waals surface area contributed by atoms with Crippen molar-refractivity contribution in [3.05, 3.63) is 102 Å². The van der Waals surface area contributed by atoms with Crippen LogP contribution in [0.15, 0.2) is 89.8 Å². The predicted octanol–water partition coefficient (Wildman–Crippen LogP) is 4.71. The van der Waals surface area contributed by atoms with Crippen LogP contribution in [0.1, 0.15) is 24.0 Å². The average molecular weight is 511 g/mol. The number of nitrogens with one attached hydrogen (secondary N) is 1. The largest absolute Gasteiger partial charge is 0.364 e. The lowest BCUT2D eigenvalue weighted by molar-refractivity contribution is -0.122. The second-order valence-electron chi connectivity index (χ2n) is 8.56. The number of halogens is 1. The predicted molar refractivity (Wildman–Crippen MR) is 137 cm³/mol. The van der Waals surface area contributed by atoms with Crippen LogP contribution in [0.3, 0.4) is 0 Å². The first-order valence-corrected chi connectivity index (χ1v) is 12.0. The van der Waals surface area contributed by atoms with Gasteiger partial charge in [-0.2, -0.15) is 5.10 Å². The first-order valence-electron chi connectivity index (χ1n) is 12.0. The van der Waals surface area contributed by atoms with Gasteiger partial charge in [0.2, 0.25) is 5.91 Å². The Morgan fingerprint density at radius 2 is 1.76 bits per heavy atom. The SMILES string of the molecule is O=C(CCC(=O)Nc1ccnc(-c2cc(-c3ccon3)n(Cc3ccccc3F)n2)n1)Cc1ccccc1. The summed E-state index contributed by atoms with van der Waals surface area (Å²) >= 11 is 0. The van der Waals surface area contributed by atoms with Gasteiger partial charge in [-0.1, -0.05) is 53.7 Å². The van der Waals surface area contributed by atoms with Crippen molar-refractivity contribution in [2.75, 3.05) is 5.32 Å². The molecule has 0 aliphatic carbocycles. The fourth-order valence-electron chi connectivity index (χ4n) is 3.91. The lowest BCUT2D eigenvalue weighted by atomic mass is 10.1. The number of Topliss-reactive ketones (excluding diaryl/α,β-unsaturated/α-hetero) is 1. The zero-order valence-corrected chi connectivity index (χ0v) is 20.3. The molecule has 0 aliphatic heterocycles. The fraction of sp³-hybridized carbons (Fsp3) is 0.143. The van der Waals surface area contributed by atoms with Crippen LogP contribution < -0.4 is 5.32 Å². The van der Waals surface area contributed by atoms with Crippen molar-refractivity contribution in [2.45, 2.75) is 25.8 Å². The molecule has 1 N–H and O–H groups in total. The summed E-state index contributed by atoms with van der Waals surface area (Å²) in [6.07, 6.45) is 3.39. The van der Waals surface area contributed by atoms with E-state index in [0.29, 0.717) is 22.6 Å². The second-order valence-corrected chi connectivity index (χ2v) is 8.56. The molecule has 5 rings (SSSR count). The van der Waals surface area contributed by atoms with Gasteiger partial charge >= 0.3 is 0 Å². The highest BCUT2D eigenvalue weighted by atomic mass is 19.1. The number of amides is 1. The molecule has 0 aliphatic rings. The van der Waals surface area contributed by atoms with Gasteiger partial charge in [0, 0.05) is 37.1 Å². The summed E-state index contributed by atoms with van der Waals surface area (Å²) in [6, 6.07) is 20.8. The minimum atomic E-state index is -0.348. The van der Waals surface area contributed by atoms with Crippen molar-refractivity contribution >= 4 is 17.5 Å². The average Bonchev–Trinajstić information content (AvgIpc) is 3.60. The topological polar surface area (TPSA) is 116 Å². The summed E-state index contributed by atoms with van der Waals surface area (Å²) in [7, 11) is 0. The standard InChI is InChI=1S/C28H23FN6O3/c29-22-9-5-4-8-20(22)18-35-25(23-13-15-38-34-23)17-24(33-35)28-30-14-12-26(32-28)31-27(37)11-10-21(36)16-19-6-2-1-3-7-19/h1-9,12-15,17H,10-11,16,18H2,(H,30,31,32,37). The van der Waals surface area contributed by atoms with Gasteiger partial charge in [0.1, 0.15) is 35.1 Å². The van der Waals surface area contributed by atoms with Crippen molar-refractivity contribution in [2.24, 2.45) is 0 Å². The van der Waals surface area contributed by atoms with E-state index in [-0.39, 0.29) is 55.0 Å². The van der Waals surface area contributed by atoms with Crippen LogP contribution >= 0.6 is 0 Å². The molecule has 3 heterocycles. The normalized spacial score (nSPS) is 10.9. The Morgan fingerprint density at radius 1 is 0.947 bits per heavy atom. The summed E-state index contributed by atoms with van der Waals surface area (Å²) in [4.78, 5) is 33.4. The molecule has 5 aromatic rings. The van der Waals surface area contributed by atoms with E-state index in [1.54, 1.807) is 41.1 Å². The third-order valence-electron chi connectivity index (χ3n) is 5.79. The zero-order valence-electron chi connectivity index (χ0n) is 20.3. The lowest BCUT2D eigenvalue weighted by Gasteiger charge is -2.07. The van der Waals surface area contributed by atoms with Gasteiger partial charge in [0.05, 0.1) is 12.2 Å². The van der Waals surface area contributed by atoms with Gasteiger partial charge in [-0.3, -0.25) is 14.3 Å². The van der Waals surface area contributed by atoms with Crippen molar-refractivity contribution < 1.29 is 18.5 Å². The van der Waals surface area contributed by atoms with Crippen LogP contribution in [-0.4, -0.2) is 36.6 Å². The van der Waals surface area contributed by atoms with E-state index in [9.17, 15) is 14.0 Å². The van der Waals surface area contributed by atoms with Crippen molar-refractivity contribution in [1.29, 1.82) is 0 Å². The van der Waals surface area contributed by atoms with Crippen LogP contribution in [0.25, 0.3) is 22.9 Å². The Morgan fingerprint density at radius 3 is 2.55 bits per heavy atom. The smallest absolute Gasteiger partial charge is 0.225 e.